The van der Waals surface area contributed by atoms with E-state index in [1.165, 1.54) is 0 Å². The Balaban J connectivity index is 2.20. The molecule has 2 nitrogen and oxygen atoms in total. The zero-order valence-electron chi connectivity index (χ0n) is 8.83. The number of rotatable bonds is 2. The van der Waals surface area contributed by atoms with Crippen LogP contribution in [0.25, 0.3) is 0 Å². The highest BCUT2D eigenvalue weighted by Crippen LogP contribution is 2.32. The van der Waals surface area contributed by atoms with Gasteiger partial charge in [-0.1, -0.05) is 30.7 Å². The van der Waals surface area contributed by atoms with Gasteiger partial charge in [-0.25, -0.2) is 0 Å². The Bertz CT molecular complexity index is 338. The highest BCUT2D eigenvalue weighted by Gasteiger charge is 2.37. The van der Waals surface area contributed by atoms with E-state index in [0.717, 1.165) is 18.4 Å². The zero-order chi connectivity index (χ0) is 10.9. The first-order valence-electron chi connectivity index (χ1n) is 5.36. The fourth-order valence-corrected chi connectivity index (χ4v) is 2.26. The number of halogens is 1. The van der Waals surface area contributed by atoms with Crippen molar-refractivity contribution in [3.63, 3.8) is 0 Å². The summed E-state index contributed by atoms with van der Waals surface area (Å²) in [7, 11) is 0. The van der Waals surface area contributed by atoms with E-state index in [0.29, 0.717) is 17.6 Å². The van der Waals surface area contributed by atoms with Crippen LogP contribution in [0, 0.1) is 0 Å². The average Bonchev–Trinajstić information content (AvgIpc) is 2.62. The highest BCUT2D eigenvalue weighted by atomic mass is 35.5. The predicted molar refractivity (Wildman–Crippen MR) is 62.0 cm³/mol. The molecule has 0 saturated carbocycles. The number of benzene rings is 1. The Morgan fingerprint density at radius 2 is 2.13 bits per heavy atom. The number of hydrogen-bond donors (Lipinski definition) is 2. The first-order valence-corrected chi connectivity index (χ1v) is 5.73. The molecule has 2 atom stereocenters. The molecule has 2 unspecified atom stereocenters. The lowest BCUT2D eigenvalue weighted by Crippen LogP contribution is -2.28. The van der Waals surface area contributed by atoms with Crippen LogP contribution in [-0.2, 0) is 5.60 Å². The smallest absolute Gasteiger partial charge is 0.103 e. The Morgan fingerprint density at radius 1 is 1.47 bits per heavy atom. The quantitative estimate of drug-likeness (QED) is 0.810. The van der Waals surface area contributed by atoms with Gasteiger partial charge in [-0.05, 0) is 30.5 Å². The van der Waals surface area contributed by atoms with E-state index in [4.69, 9.17) is 11.6 Å². The van der Waals surface area contributed by atoms with Crippen molar-refractivity contribution in [2.45, 2.75) is 31.4 Å². The maximum Gasteiger partial charge on any atom is 0.103 e. The van der Waals surface area contributed by atoms with Gasteiger partial charge in [-0.2, -0.15) is 0 Å². The maximum absolute atomic E-state index is 10.4. The second kappa shape index (κ2) is 4.12. The lowest BCUT2D eigenvalue weighted by Gasteiger charge is -2.22. The van der Waals surface area contributed by atoms with Gasteiger partial charge in [0.1, 0.15) is 5.60 Å². The van der Waals surface area contributed by atoms with Crippen molar-refractivity contribution >= 4 is 11.6 Å². The summed E-state index contributed by atoms with van der Waals surface area (Å²) < 4.78 is 0. The third-order valence-corrected chi connectivity index (χ3v) is 3.39. The van der Waals surface area contributed by atoms with Crippen molar-refractivity contribution < 1.29 is 5.11 Å². The molecule has 1 fully saturated rings. The van der Waals surface area contributed by atoms with Gasteiger partial charge >= 0.3 is 0 Å². The van der Waals surface area contributed by atoms with Crippen LogP contribution in [0.4, 0.5) is 0 Å². The monoisotopic (exact) mass is 225 g/mol. The van der Waals surface area contributed by atoms with Crippen LogP contribution in [0.2, 0.25) is 5.02 Å². The number of nitrogens with one attached hydrogen (secondary N) is 1. The Kier molecular flexibility index (Phi) is 3.01. The minimum atomic E-state index is -0.717. The van der Waals surface area contributed by atoms with Crippen LogP contribution in [0.5, 0.6) is 0 Å². The third kappa shape index (κ3) is 2.17. The molecule has 2 N–H and O–H groups in total. The lowest BCUT2D eigenvalue weighted by atomic mass is 9.91. The summed E-state index contributed by atoms with van der Waals surface area (Å²) in [5.74, 6) is 0. The maximum atomic E-state index is 10.4. The minimum Gasteiger partial charge on any atom is -0.384 e. The predicted octanol–water partition coefficient (Wildman–Crippen LogP) is 2.30. The molecule has 0 spiro atoms. The standard InChI is InChI=1S/C12H16ClNO/c1-2-11-7-12(15,8-14-11)9-3-5-10(13)6-4-9/h3-6,11,14-15H,2,7-8H2,1H3. The summed E-state index contributed by atoms with van der Waals surface area (Å²) >= 11 is 5.82. The van der Waals surface area contributed by atoms with E-state index in [2.05, 4.69) is 12.2 Å². The molecule has 15 heavy (non-hydrogen) atoms. The molecule has 2 rings (SSSR count). The molecule has 1 aliphatic rings. The van der Waals surface area contributed by atoms with Crippen molar-refractivity contribution in [2.75, 3.05) is 6.54 Å². The SMILES string of the molecule is CCC1CC(O)(c2ccc(Cl)cc2)CN1. The molecule has 1 saturated heterocycles. The minimum absolute atomic E-state index is 0.422. The van der Waals surface area contributed by atoms with Gasteiger partial charge < -0.3 is 10.4 Å². The molecule has 0 bridgehead atoms. The third-order valence-electron chi connectivity index (χ3n) is 3.14. The normalized spacial score (nSPS) is 30.7. The molecule has 1 aliphatic heterocycles. The van der Waals surface area contributed by atoms with E-state index >= 15 is 0 Å². The van der Waals surface area contributed by atoms with Crippen LogP contribution in [0.1, 0.15) is 25.3 Å². The molecule has 1 aromatic rings. The summed E-state index contributed by atoms with van der Waals surface area (Å²) in [5.41, 5.74) is 0.237. The van der Waals surface area contributed by atoms with E-state index in [-0.39, 0.29) is 0 Å². The molecular formula is C12H16ClNO. The molecule has 0 amide bonds. The highest BCUT2D eigenvalue weighted by molar-refractivity contribution is 6.30. The summed E-state index contributed by atoms with van der Waals surface area (Å²) in [6.45, 7) is 2.76. The van der Waals surface area contributed by atoms with Crippen LogP contribution in [0.15, 0.2) is 24.3 Å². The number of β-amino-alcohol motifs (C(OH)–C–C–N with tert-alkyl or cyclic N) is 1. The van der Waals surface area contributed by atoms with Gasteiger partial charge in [0.05, 0.1) is 0 Å². The van der Waals surface area contributed by atoms with Gasteiger partial charge in [0.15, 0.2) is 0 Å². The summed E-state index contributed by atoms with van der Waals surface area (Å²) in [5, 5.41) is 14.5. The molecule has 1 heterocycles. The van der Waals surface area contributed by atoms with Crippen molar-refractivity contribution in [3.8, 4) is 0 Å². The van der Waals surface area contributed by atoms with Crippen molar-refractivity contribution in [1.29, 1.82) is 0 Å². The number of hydrogen-bond acceptors (Lipinski definition) is 2. The van der Waals surface area contributed by atoms with Gasteiger partial charge in [-0.3, -0.25) is 0 Å². The van der Waals surface area contributed by atoms with Gasteiger partial charge in [-0.15, -0.1) is 0 Å². The van der Waals surface area contributed by atoms with Crippen LogP contribution in [0.3, 0.4) is 0 Å². The topological polar surface area (TPSA) is 32.3 Å². The Labute approximate surface area is 95.3 Å². The summed E-state index contributed by atoms with van der Waals surface area (Å²) in [4.78, 5) is 0. The first-order chi connectivity index (χ1) is 7.14. The molecule has 0 aromatic heterocycles. The van der Waals surface area contributed by atoms with Crippen molar-refractivity contribution in [1.82, 2.24) is 5.32 Å². The van der Waals surface area contributed by atoms with Gasteiger partial charge in [0, 0.05) is 17.6 Å². The van der Waals surface area contributed by atoms with Crippen LogP contribution >= 0.6 is 11.6 Å². The van der Waals surface area contributed by atoms with E-state index in [1.807, 2.05) is 24.3 Å². The Morgan fingerprint density at radius 3 is 2.67 bits per heavy atom. The molecule has 1 aromatic carbocycles. The first kappa shape index (κ1) is 10.9. The molecule has 82 valence electrons. The van der Waals surface area contributed by atoms with Crippen molar-refractivity contribution in [3.05, 3.63) is 34.9 Å². The van der Waals surface area contributed by atoms with E-state index in [1.54, 1.807) is 0 Å². The molecule has 0 aliphatic carbocycles. The zero-order valence-corrected chi connectivity index (χ0v) is 9.59. The fraction of sp³-hybridized carbons (Fsp3) is 0.500. The molecule has 3 heteroatoms. The van der Waals surface area contributed by atoms with E-state index < -0.39 is 5.60 Å². The average molecular weight is 226 g/mol. The second-order valence-electron chi connectivity index (χ2n) is 4.23. The number of aliphatic hydroxyl groups is 1. The van der Waals surface area contributed by atoms with Crippen LogP contribution < -0.4 is 5.32 Å². The molecular weight excluding hydrogens is 210 g/mol. The van der Waals surface area contributed by atoms with Crippen LogP contribution in [-0.4, -0.2) is 17.7 Å². The van der Waals surface area contributed by atoms with E-state index in [9.17, 15) is 5.11 Å². The van der Waals surface area contributed by atoms with Gasteiger partial charge in [0.25, 0.3) is 0 Å². The fourth-order valence-electron chi connectivity index (χ4n) is 2.13. The summed E-state index contributed by atoms with van der Waals surface area (Å²) in [6, 6.07) is 7.89. The largest absolute Gasteiger partial charge is 0.384 e. The van der Waals surface area contributed by atoms with Crippen molar-refractivity contribution in [2.24, 2.45) is 0 Å². The summed E-state index contributed by atoms with van der Waals surface area (Å²) in [6.07, 6.45) is 1.83. The lowest BCUT2D eigenvalue weighted by molar-refractivity contribution is 0.0558. The second-order valence-corrected chi connectivity index (χ2v) is 4.67. The molecule has 0 radical (unpaired) electrons. The Hall–Kier alpha value is -0.570. The van der Waals surface area contributed by atoms with Gasteiger partial charge in [0.2, 0.25) is 0 Å².